The number of allylic oxidation sites excluding steroid dienone is 1. The van der Waals surface area contributed by atoms with Crippen LogP contribution in [0.15, 0.2) is 36.4 Å². The molecule has 0 radical (unpaired) electrons. The van der Waals surface area contributed by atoms with Crippen LogP contribution in [-0.4, -0.2) is 26.1 Å². The van der Waals surface area contributed by atoms with Gasteiger partial charge in [0, 0.05) is 0 Å². The lowest BCUT2D eigenvalue weighted by atomic mass is 9.51. The molecule has 178 valence electrons. The normalized spacial score (nSPS) is 32.6. The Hall–Kier alpha value is -1.16. The number of hydrogen-bond acceptors (Lipinski definition) is 3. The lowest BCUT2D eigenvalue weighted by Crippen LogP contribution is -2.44. The summed E-state index contributed by atoms with van der Waals surface area (Å²) in [5, 5.41) is 0. The predicted octanol–water partition coefficient (Wildman–Crippen LogP) is 7.65. The highest BCUT2D eigenvalue weighted by Gasteiger charge is 2.48. The van der Waals surface area contributed by atoms with E-state index >= 15 is 0 Å². The standard InChI is InChI=1S/C29H44O3/c1-3-5-7-8-9-14-28-15-18-29(19-16-28,20-17-28)25-12-10-24(11-13-25)26-22-32-27(23-31-26)30-21-6-4-2/h4,6,10-13,26-27H,3,5,7-9,14-23H2,1-2H3/b6-4+/t26-,27+,28?,29?/m0/s1. The number of rotatable bonds is 11. The van der Waals surface area contributed by atoms with Crippen molar-refractivity contribution < 1.29 is 14.2 Å². The summed E-state index contributed by atoms with van der Waals surface area (Å²) in [6.07, 6.45) is 20.8. The molecule has 0 N–H and O–H groups in total. The highest BCUT2D eigenvalue weighted by atomic mass is 16.7. The molecule has 32 heavy (non-hydrogen) atoms. The average Bonchev–Trinajstić information content (AvgIpc) is 2.86. The Kier molecular flexibility index (Phi) is 8.48. The molecule has 1 aromatic carbocycles. The fraction of sp³-hybridized carbons (Fsp3) is 0.724. The van der Waals surface area contributed by atoms with Crippen LogP contribution in [0.3, 0.4) is 0 Å². The summed E-state index contributed by atoms with van der Waals surface area (Å²) in [6, 6.07) is 9.33. The Morgan fingerprint density at radius 3 is 2.25 bits per heavy atom. The molecule has 3 heteroatoms. The molecule has 0 amide bonds. The molecule has 2 atom stereocenters. The molecule has 5 rings (SSSR count). The zero-order chi connectivity index (χ0) is 22.3. The first-order chi connectivity index (χ1) is 15.7. The van der Waals surface area contributed by atoms with Gasteiger partial charge in [0.25, 0.3) is 0 Å². The summed E-state index contributed by atoms with van der Waals surface area (Å²) in [5.41, 5.74) is 3.89. The molecule has 0 aromatic heterocycles. The topological polar surface area (TPSA) is 27.7 Å². The van der Waals surface area contributed by atoms with Gasteiger partial charge in [-0.3, -0.25) is 0 Å². The number of hydrogen-bond donors (Lipinski definition) is 0. The number of unbranched alkanes of at least 4 members (excludes halogenated alkanes) is 4. The SMILES string of the molecule is C/C=C/CO[C@H]1CO[C@H](c2ccc(C34CCC(CCCCCCC)(CC3)CC4)cc2)CO1. The van der Waals surface area contributed by atoms with Gasteiger partial charge in [-0.1, -0.05) is 75.4 Å². The third-order valence-corrected chi connectivity index (χ3v) is 8.59. The molecule has 1 aromatic rings. The summed E-state index contributed by atoms with van der Waals surface area (Å²) < 4.78 is 17.6. The first-order valence-corrected chi connectivity index (χ1v) is 13.3. The van der Waals surface area contributed by atoms with Crippen molar-refractivity contribution in [1.29, 1.82) is 0 Å². The van der Waals surface area contributed by atoms with Crippen LogP contribution < -0.4 is 0 Å². The molecule has 0 spiro atoms. The fourth-order valence-electron chi connectivity index (χ4n) is 6.26. The fourth-order valence-corrected chi connectivity index (χ4v) is 6.26. The minimum absolute atomic E-state index is 0.0150. The summed E-state index contributed by atoms with van der Waals surface area (Å²) in [4.78, 5) is 0. The van der Waals surface area contributed by atoms with Gasteiger partial charge >= 0.3 is 0 Å². The molecule has 2 bridgehead atoms. The minimum Gasteiger partial charge on any atom is -0.366 e. The maximum absolute atomic E-state index is 6.05. The van der Waals surface area contributed by atoms with E-state index in [4.69, 9.17) is 14.2 Å². The lowest BCUT2D eigenvalue weighted by molar-refractivity contribution is -0.232. The van der Waals surface area contributed by atoms with E-state index in [0.29, 0.717) is 30.7 Å². The van der Waals surface area contributed by atoms with Gasteiger partial charge in [-0.15, -0.1) is 0 Å². The van der Waals surface area contributed by atoms with Crippen LogP contribution in [0.25, 0.3) is 0 Å². The van der Waals surface area contributed by atoms with Crippen molar-refractivity contribution in [2.24, 2.45) is 5.41 Å². The van der Waals surface area contributed by atoms with Crippen LogP contribution in [0.4, 0.5) is 0 Å². The Morgan fingerprint density at radius 2 is 1.62 bits per heavy atom. The van der Waals surface area contributed by atoms with Gasteiger partial charge in [0.1, 0.15) is 6.10 Å². The van der Waals surface area contributed by atoms with E-state index in [9.17, 15) is 0 Å². The van der Waals surface area contributed by atoms with Gasteiger partial charge in [-0.25, -0.2) is 0 Å². The van der Waals surface area contributed by atoms with E-state index in [1.165, 1.54) is 82.6 Å². The van der Waals surface area contributed by atoms with Gasteiger partial charge in [0.2, 0.25) is 0 Å². The van der Waals surface area contributed by atoms with Crippen molar-refractivity contribution in [2.45, 2.75) is 109 Å². The summed E-state index contributed by atoms with van der Waals surface area (Å²) in [5.74, 6) is 0. The van der Waals surface area contributed by atoms with Crippen LogP contribution in [0.5, 0.6) is 0 Å². The maximum atomic E-state index is 6.05. The highest BCUT2D eigenvalue weighted by Crippen LogP contribution is 2.59. The average molecular weight is 441 g/mol. The Balaban J connectivity index is 1.26. The van der Waals surface area contributed by atoms with E-state index in [1.807, 2.05) is 19.1 Å². The molecule has 0 unspecified atom stereocenters. The van der Waals surface area contributed by atoms with Crippen LogP contribution in [0.2, 0.25) is 0 Å². The molecule has 1 heterocycles. The monoisotopic (exact) mass is 440 g/mol. The van der Waals surface area contributed by atoms with Crippen molar-refractivity contribution >= 4 is 0 Å². The highest BCUT2D eigenvalue weighted by molar-refractivity contribution is 5.32. The molecule has 4 aliphatic rings. The molecule has 3 nitrogen and oxygen atoms in total. The molecular weight excluding hydrogens is 396 g/mol. The van der Waals surface area contributed by atoms with E-state index in [-0.39, 0.29) is 12.4 Å². The van der Waals surface area contributed by atoms with E-state index in [0.717, 1.165) is 0 Å². The van der Waals surface area contributed by atoms with Gasteiger partial charge < -0.3 is 14.2 Å². The minimum atomic E-state index is -0.253. The quantitative estimate of drug-likeness (QED) is 0.261. The van der Waals surface area contributed by atoms with Crippen molar-refractivity contribution in [3.8, 4) is 0 Å². The van der Waals surface area contributed by atoms with Crippen molar-refractivity contribution in [2.75, 3.05) is 19.8 Å². The number of benzene rings is 1. The second kappa shape index (κ2) is 11.3. The molecule has 4 fully saturated rings. The lowest BCUT2D eigenvalue weighted by Gasteiger charge is -2.54. The zero-order valence-electron chi connectivity index (χ0n) is 20.5. The van der Waals surface area contributed by atoms with Crippen LogP contribution >= 0.6 is 0 Å². The van der Waals surface area contributed by atoms with Crippen LogP contribution in [0.1, 0.15) is 108 Å². The largest absolute Gasteiger partial charge is 0.366 e. The smallest absolute Gasteiger partial charge is 0.181 e. The molecule has 3 aliphatic carbocycles. The van der Waals surface area contributed by atoms with E-state index < -0.39 is 0 Å². The van der Waals surface area contributed by atoms with Gasteiger partial charge in [-0.2, -0.15) is 0 Å². The molecule has 1 saturated heterocycles. The third-order valence-electron chi connectivity index (χ3n) is 8.59. The summed E-state index contributed by atoms with van der Waals surface area (Å²) in [7, 11) is 0. The van der Waals surface area contributed by atoms with Crippen LogP contribution in [0, 0.1) is 5.41 Å². The Labute approximate surface area is 195 Å². The first-order valence-electron chi connectivity index (χ1n) is 13.3. The molecule has 1 aliphatic heterocycles. The zero-order valence-corrected chi connectivity index (χ0v) is 20.5. The van der Waals surface area contributed by atoms with Crippen LogP contribution in [-0.2, 0) is 19.6 Å². The predicted molar refractivity (Wildman–Crippen MR) is 131 cm³/mol. The van der Waals surface area contributed by atoms with E-state index in [2.05, 4.69) is 31.2 Å². The second-order valence-electron chi connectivity index (χ2n) is 10.6. The third kappa shape index (κ3) is 5.66. The first kappa shape index (κ1) is 24.0. The van der Waals surface area contributed by atoms with Gasteiger partial charge in [0.05, 0.1) is 19.8 Å². The van der Waals surface area contributed by atoms with Crippen molar-refractivity contribution in [1.82, 2.24) is 0 Å². The molecular formula is C29H44O3. The Morgan fingerprint density at radius 1 is 0.906 bits per heavy atom. The number of ether oxygens (including phenoxy) is 3. The summed E-state index contributed by atoms with van der Waals surface area (Å²) >= 11 is 0. The second-order valence-corrected chi connectivity index (χ2v) is 10.6. The summed E-state index contributed by atoms with van der Waals surface area (Å²) in [6.45, 7) is 5.93. The maximum Gasteiger partial charge on any atom is 0.181 e. The molecule has 3 saturated carbocycles. The van der Waals surface area contributed by atoms with Crippen molar-refractivity contribution in [3.63, 3.8) is 0 Å². The van der Waals surface area contributed by atoms with Gasteiger partial charge in [-0.05, 0) is 73.8 Å². The Bertz CT molecular complexity index is 690. The van der Waals surface area contributed by atoms with Gasteiger partial charge in [0.15, 0.2) is 6.29 Å². The van der Waals surface area contributed by atoms with E-state index in [1.54, 1.807) is 5.56 Å². The van der Waals surface area contributed by atoms with Crippen molar-refractivity contribution in [3.05, 3.63) is 47.5 Å². The number of fused-ring (bicyclic) bond motifs is 3.